The van der Waals surface area contributed by atoms with Gasteiger partial charge in [0.2, 0.25) is 11.8 Å². The van der Waals surface area contributed by atoms with Crippen molar-refractivity contribution in [2.45, 2.75) is 44.6 Å². The fourth-order valence-corrected chi connectivity index (χ4v) is 4.21. The molecular formula is C23H26N2O4. The van der Waals surface area contributed by atoms with Gasteiger partial charge in [-0.05, 0) is 48.2 Å². The van der Waals surface area contributed by atoms with Gasteiger partial charge in [-0.2, -0.15) is 0 Å². The van der Waals surface area contributed by atoms with Crippen LogP contribution in [0, 0.1) is 0 Å². The van der Waals surface area contributed by atoms with E-state index in [0.29, 0.717) is 19.6 Å². The molecule has 2 N–H and O–H groups in total. The van der Waals surface area contributed by atoms with E-state index in [1.54, 1.807) is 0 Å². The molecule has 1 aliphatic heterocycles. The van der Waals surface area contributed by atoms with Crippen LogP contribution in [0.2, 0.25) is 0 Å². The number of fused-ring (bicyclic) bond motifs is 1. The molecule has 0 spiro atoms. The van der Waals surface area contributed by atoms with Crippen molar-refractivity contribution < 1.29 is 19.1 Å². The monoisotopic (exact) mass is 394 g/mol. The third kappa shape index (κ3) is 4.36. The third-order valence-electron chi connectivity index (χ3n) is 5.57. The van der Waals surface area contributed by atoms with Crippen LogP contribution in [0.15, 0.2) is 42.5 Å². The van der Waals surface area contributed by atoms with Crippen molar-refractivity contribution in [3.05, 3.63) is 53.6 Å². The van der Waals surface area contributed by atoms with Gasteiger partial charge in [0.1, 0.15) is 13.2 Å². The fraction of sp³-hybridized carbons (Fsp3) is 0.391. The van der Waals surface area contributed by atoms with Crippen LogP contribution in [0.5, 0.6) is 11.5 Å². The van der Waals surface area contributed by atoms with Gasteiger partial charge in [-0.1, -0.05) is 31.0 Å². The summed E-state index contributed by atoms with van der Waals surface area (Å²) in [6.07, 6.45) is 4.30. The van der Waals surface area contributed by atoms with E-state index >= 15 is 0 Å². The largest absolute Gasteiger partial charge is 0.486 e. The lowest BCUT2D eigenvalue weighted by Crippen LogP contribution is -2.44. The number of benzene rings is 2. The topological polar surface area (TPSA) is 76.7 Å². The van der Waals surface area contributed by atoms with Gasteiger partial charge < -0.3 is 20.1 Å². The van der Waals surface area contributed by atoms with E-state index in [4.69, 9.17) is 9.47 Å². The number of carbonyl (C=O) groups excluding carboxylic acids is 2. The summed E-state index contributed by atoms with van der Waals surface area (Å²) >= 11 is 0. The van der Waals surface area contributed by atoms with Crippen molar-refractivity contribution >= 4 is 17.5 Å². The van der Waals surface area contributed by atoms with Crippen molar-refractivity contribution in [3.63, 3.8) is 0 Å². The smallest absolute Gasteiger partial charge is 0.225 e. The van der Waals surface area contributed by atoms with Crippen LogP contribution in [0.3, 0.4) is 0 Å². The molecule has 1 saturated carbocycles. The zero-order valence-corrected chi connectivity index (χ0v) is 16.6. The molecule has 0 unspecified atom stereocenters. The summed E-state index contributed by atoms with van der Waals surface area (Å²) in [5.74, 6) is 1.40. The van der Waals surface area contributed by atoms with Crippen LogP contribution in [0.1, 0.15) is 43.7 Å². The molecule has 0 atom stereocenters. The zero-order chi connectivity index (χ0) is 20.3. The molecule has 0 saturated heterocycles. The predicted octanol–water partition coefficient (Wildman–Crippen LogP) is 3.54. The Kier molecular flexibility index (Phi) is 5.43. The minimum Gasteiger partial charge on any atom is -0.486 e. The molecule has 2 aromatic carbocycles. The fourth-order valence-electron chi connectivity index (χ4n) is 4.21. The molecule has 2 amide bonds. The van der Waals surface area contributed by atoms with E-state index in [9.17, 15) is 9.59 Å². The van der Waals surface area contributed by atoms with E-state index in [-0.39, 0.29) is 17.4 Å². The molecule has 1 aliphatic carbocycles. The van der Waals surface area contributed by atoms with E-state index in [1.807, 2.05) is 42.5 Å². The molecule has 0 radical (unpaired) electrons. The van der Waals surface area contributed by atoms with Gasteiger partial charge in [0.25, 0.3) is 0 Å². The lowest BCUT2D eigenvalue weighted by Gasteiger charge is -2.32. The van der Waals surface area contributed by atoms with Crippen LogP contribution in [-0.2, 0) is 21.5 Å². The van der Waals surface area contributed by atoms with Crippen molar-refractivity contribution in [1.82, 2.24) is 5.32 Å². The molecule has 1 heterocycles. The molecule has 2 aliphatic rings. The summed E-state index contributed by atoms with van der Waals surface area (Å²) in [4.78, 5) is 24.0. The molecular weight excluding hydrogens is 368 g/mol. The van der Waals surface area contributed by atoms with Crippen LogP contribution in [0.4, 0.5) is 5.69 Å². The van der Waals surface area contributed by atoms with Crippen molar-refractivity contribution in [3.8, 4) is 11.5 Å². The van der Waals surface area contributed by atoms with Crippen LogP contribution in [-0.4, -0.2) is 25.0 Å². The van der Waals surface area contributed by atoms with Crippen molar-refractivity contribution in [1.29, 1.82) is 0 Å². The summed E-state index contributed by atoms with van der Waals surface area (Å²) in [5, 5.41) is 6.04. The van der Waals surface area contributed by atoms with E-state index in [2.05, 4.69) is 10.6 Å². The first-order valence-electron chi connectivity index (χ1n) is 10.1. The van der Waals surface area contributed by atoms with Gasteiger partial charge in [-0.3, -0.25) is 9.59 Å². The first-order valence-corrected chi connectivity index (χ1v) is 10.1. The molecule has 6 heteroatoms. The van der Waals surface area contributed by atoms with Gasteiger partial charge in [0.15, 0.2) is 11.5 Å². The molecule has 2 aromatic rings. The number of rotatable bonds is 5. The first-order chi connectivity index (χ1) is 14.0. The molecule has 29 heavy (non-hydrogen) atoms. The van der Waals surface area contributed by atoms with Crippen LogP contribution in [0.25, 0.3) is 0 Å². The Morgan fingerprint density at radius 3 is 2.34 bits per heavy atom. The summed E-state index contributed by atoms with van der Waals surface area (Å²) in [6, 6.07) is 13.4. The Morgan fingerprint density at radius 2 is 1.66 bits per heavy atom. The molecule has 6 nitrogen and oxygen atoms in total. The number of amides is 2. The van der Waals surface area contributed by atoms with Crippen molar-refractivity contribution in [2.24, 2.45) is 0 Å². The molecule has 0 aromatic heterocycles. The summed E-state index contributed by atoms with van der Waals surface area (Å²) in [5.41, 5.74) is 2.36. The number of hydrogen-bond donors (Lipinski definition) is 2. The minimum atomic E-state index is -0.358. The second kappa shape index (κ2) is 8.15. The highest BCUT2D eigenvalue weighted by atomic mass is 16.6. The lowest BCUT2D eigenvalue weighted by atomic mass is 9.87. The highest BCUT2D eigenvalue weighted by Crippen LogP contribution is 2.42. The first kappa shape index (κ1) is 19.3. The quantitative estimate of drug-likeness (QED) is 0.813. The number of nitrogens with one attached hydrogen (secondary N) is 2. The van der Waals surface area contributed by atoms with Gasteiger partial charge in [-0.25, -0.2) is 0 Å². The van der Waals surface area contributed by atoms with Gasteiger partial charge in [0, 0.05) is 12.6 Å². The Morgan fingerprint density at radius 1 is 0.966 bits per heavy atom. The minimum absolute atomic E-state index is 0.00549. The van der Waals surface area contributed by atoms with E-state index < -0.39 is 0 Å². The van der Waals surface area contributed by atoms with Crippen LogP contribution < -0.4 is 20.1 Å². The van der Waals surface area contributed by atoms with E-state index in [0.717, 1.165) is 54.0 Å². The maximum Gasteiger partial charge on any atom is 0.225 e. The number of ether oxygens (including phenoxy) is 2. The summed E-state index contributed by atoms with van der Waals surface area (Å²) < 4.78 is 11.4. The SMILES string of the molecule is CC(=O)Nc1ccc(CC(=O)NC2(c3ccc4c(c3)OCCO4)CCCC2)cc1. The molecule has 1 fully saturated rings. The highest BCUT2D eigenvalue weighted by molar-refractivity contribution is 5.88. The Balaban J connectivity index is 1.48. The maximum atomic E-state index is 12.9. The normalized spacial score (nSPS) is 16.9. The second-order valence-corrected chi connectivity index (χ2v) is 7.75. The lowest BCUT2D eigenvalue weighted by molar-refractivity contribution is -0.122. The molecule has 0 bridgehead atoms. The van der Waals surface area contributed by atoms with Gasteiger partial charge in [0.05, 0.1) is 12.0 Å². The summed E-state index contributed by atoms with van der Waals surface area (Å²) in [6.45, 7) is 2.58. The average Bonchev–Trinajstić information content (AvgIpc) is 3.18. The maximum absolute atomic E-state index is 12.9. The second-order valence-electron chi connectivity index (χ2n) is 7.75. The predicted molar refractivity (Wildman–Crippen MR) is 110 cm³/mol. The van der Waals surface area contributed by atoms with Gasteiger partial charge in [-0.15, -0.1) is 0 Å². The number of hydrogen-bond acceptors (Lipinski definition) is 4. The Labute approximate surface area is 170 Å². The van der Waals surface area contributed by atoms with Gasteiger partial charge >= 0.3 is 0 Å². The summed E-state index contributed by atoms with van der Waals surface area (Å²) in [7, 11) is 0. The Bertz CT molecular complexity index is 902. The molecule has 152 valence electrons. The highest BCUT2D eigenvalue weighted by Gasteiger charge is 2.37. The van der Waals surface area contributed by atoms with Crippen molar-refractivity contribution in [2.75, 3.05) is 18.5 Å². The third-order valence-corrected chi connectivity index (χ3v) is 5.57. The molecule has 4 rings (SSSR count). The Hall–Kier alpha value is -3.02. The van der Waals surface area contributed by atoms with E-state index in [1.165, 1.54) is 6.92 Å². The zero-order valence-electron chi connectivity index (χ0n) is 16.6. The number of carbonyl (C=O) groups is 2. The van der Waals surface area contributed by atoms with Crippen LogP contribution >= 0.6 is 0 Å². The average molecular weight is 394 g/mol. The number of anilines is 1. The standard InChI is InChI=1S/C23H26N2O4/c1-16(26)24-19-7-4-17(5-8-19)14-22(27)25-23(10-2-3-11-23)18-6-9-20-21(15-18)29-13-12-28-20/h4-9,15H,2-3,10-14H2,1H3,(H,24,26)(H,25,27).